The first-order chi connectivity index (χ1) is 12.2. The average molecular weight is 411 g/mol. The van der Waals surface area contributed by atoms with Gasteiger partial charge in [-0.3, -0.25) is 0 Å². The van der Waals surface area contributed by atoms with E-state index in [1.807, 2.05) is 0 Å². The highest BCUT2D eigenvalue weighted by molar-refractivity contribution is 7.89. The molecule has 26 heavy (non-hydrogen) atoms. The van der Waals surface area contributed by atoms with E-state index in [4.69, 9.17) is 11.6 Å². The summed E-state index contributed by atoms with van der Waals surface area (Å²) in [5, 5.41) is -0.101. The van der Waals surface area contributed by atoms with Crippen molar-refractivity contribution in [3.63, 3.8) is 0 Å². The second-order valence-electron chi connectivity index (χ2n) is 5.45. The zero-order valence-electron chi connectivity index (χ0n) is 12.9. The summed E-state index contributed by atoms with van der Waals surface area (Å²) in [6.07, 6.45) is 1.02. The number of aromatic nitrogens is 1. The van der Waals surface area contributed by atoms with Gasteiger partial charge in [0.2, 0.25) is 15.9 Å². The van der Waals surface area contributed by atoms with Gasteiger partial charge in [-0.25, -0.2) is 22.2 Å². The fourth-order valence-corrected chi connectivity index (χ4v) is 4.40. The molecule has 0 saturated carbocycles. The van der Waals surface area contributed by atoms with Crippen LogP contribution in [0.4, 0.5) is 17.6 Å². The molecule has 0 aliphatic carbocycles. The molecular weight excluding hydrogens is 400 g/mol. The lowest BCUT2D eigenvalue weighted by molar-refractivity contribution is -0.0549. The van der Waals surface area contributed by atoms with Gasteiger partial charge >= 0.3 is 6.61 Å². The second kappa shape index (κ2) is 7.01. The Morgan fingerprint density at radius 1 is 1.23 bits per heavy atom. The fraction of sp³-hybridized carbons (Fsp3) is 0.267. The van der Waals surface area contributed by atoms with E-state index in [0.717, 1.165) is 22.6 Å². The van der Waals surface area contributed by atoms with Crippen LogP contribution in [-0.2, 0) is 23.0 Å². The topological polar surface area (TPSA) is 59.5 Å². The maximum absolute atomic E-state index is 14.0. The number of pyridine rings is 1. The van der Waals surface area contributed by atoms with E-state index in [0.29, 0.717) is 11.6 Å². The molecule has 0 unspecified atom stereocenters. The van der Waals surface area contributed by atoms with Gasteiger partial charge in [0, 0.05) is 30.9 Å². The summed E-state index contributed by atoms with van der Waals surface area (Å²) in [5.74, 6) is -2.45. The highest BCUT2D eigenvalue weighted by atomic mass is 35.5. The number of rotatable bonds is 4. The van der Waals surface area contributed by atoms with Crippen LogP contribution in [0.3, 0.4) is 0 Å². The molecule has 0 amide bonds. The van der Waals surface area contributed by atoms with Gasteiger partial charge in [-0.15, -0.1) is 0 Å². The SMILES string of the molecule is O=S(=O)(c1cc(Cl)cnc1OC(F)F)N1CCc2cc(F)cc(F)c2C1. The van der Waals surface area contributed by atoms with E-state index in [-0.39, 0.29) is 30.1 Å². The first-order valence-corrected chi connectivity index (χ1v) is 9.07. The molecule has 2 aromatic rings. The third-order valence-electron chi connectivity index (χ3n) is 3.82. The van der Waals surface area contributed by atoms with Crippen LogP contribution >= 0.6 is 11.6 Å². The molecule has 1 aromatic carbocycles. The first kappa shape index (κ1) is 18.9. The number of hydrogen-bond donors (Lipinski definition) is 0. The molecule has 2 heterocycles. The lowest BCUT2D eigenvalue weighted by Gasteiger charge is -2.28. The normalized spacial score (nSPS) is 15.2. The van der Waals surface area contributed by atoms with Gasteiger partial charge in [0.1, 0.15) is 16.5 Å². The van der Waals surface area contributed by atoms with Crippen LogP contribution in [0.2, 0.25) is 5.02 Å². The van der Waals surface area contributed by atoms with E-state index >= 15 is 0 Å². The number of benzene rings is 1. The molecule has 0 bridgehead atoms. The largest absolute Gasteiger partial charge is 0.415 e. The predicted molar refractivity (Wildman–Crippen MR) is 83.5 cm³/mol. The summed E-state index contributed by atoms with van der Waals surface area (Å²) in [7, 11) is -4.36. The van der Waals surface area contributed by atoms with Gasteiger partial charge in [-0.05, 0) is 24.1 Å². The summed E-state index contributed by atoms with van der Waals surface area (Å²) in [6.45, 7) is -3.77. The Bertz CT molecular complexity index is 956. The van der Waals surface area contributed by atoms with Crippen molar-refractivity contribution >= 4 is 21.6 Å². The summed E-state index contributed by atoms with van der Waals surface area (Å²) in [4.78, 5) is 2.83. The van der Waals surface area contributed by atoms with Crippen LogP contribution in [0.5, 0.6) is 5.88 Å². The molecule has 3 rings (SSSR count). The minimum Gasteiger partial charge on any atom is -0.415 e. The van der Waals surface area contributed by atoms with Gasteiger partial charge in [-0.2, -0.15) is 13.1 Å². The Morgan fingerprint density at radius 2 is 1.96 bits per heavy atom. The van der Waals surface area contributed by atoms with Gasteiger partial charge in [0.05, 0.1) is 5.02 Å². The molecule has 0 atom stereocenters. The zero-order valence-corrected chi connectivity index (χ0v) is 14.5. The second-order valence-corrected chi connectivity index (χ2v) is 7.79. The van der Waals surface area contributed by atoms with E-state index in [1.54, 1.807) is 0 Å². The first-order valence-electron chi connectivity index (χ1n) is 7.26. The number of hydrogen-bond acceptors (Lipinski definition) is 4. The third kappa shape index (κ3) is 3.62. The van der Waals surface area contributed by atoms with Crippen molar-refractivity contribution in [3.05, 3.63) is 52.2 Å². The fourth-order valence-electron chi connectivity index (χ4n) is 2.67. The van der Waals surface area contributed by atoms with Crippen molar-refractivity contribution in [2.24, 2.45) is 0 Å². The van der Waals surface area contributed by atoms with Crippen molar-refractivity contribution in [1.29, 1.82) is 0 Å². The molecule has 1 aliphatic rings. The zero-order chi connectivity index (χ0) is 19.1. The molecule has 0 N–H and O–H groups in total. The van der Waals surface area contributed by atoms with E-state index < -0.39 is 39.0 Å². The number of alkyl halides is 2. The minimum absolute atomic E-state index is 0.0209. The van der Waals surface area contributed by atoms with Crippen molar-refractivity contribution in [3.8, 4) is 5.88 Å². The maximum atomic E-state index is 14.0. The van der Waals surface area contributed by atoms with Crippen molar-refractivity contribution in [2.45, 2.75) is 24.5 Å². The van der Waals surface area contributed by atoms with Crippen molar-refractivity contribution in [1.82, 2.24) is 9.29 Å². The van der Waals surface area contributed by atoms with Gasteiger partial charge < -0.3 is 4.74 Å². The number of nitrogens with zero attached hydrogens (tertiary/aromatic N) is 2. The highest BCUT2D eigenvalue weighted by Gasteiger charge is 2.33. The van der Waals surface area contributed by atoms with Crippen LogP contribution in [0.25, 0.3) is 0 Å². The molecule has 1 aliphatic heterocycles. The van der Waals surface area contributed by atoms with E-state index in [9.17, 15) is 26.0 Å². The molecular formula is C15H11ClF4N2O3S. The lowest BCUT2D eigenvalue weighted by Crippen LogP contribution is -2.37. The molecule has 0 saturated heterocycles. The van der Waals surface area contributed by atoms with E-state index in [2.05, 4.69) is 9.72 Å². The predicted octanol–water partition coefficient (Wildman–Crippen LogP) is 3.36. The van der Waals surface area contributed by atoms with Crippen molar-refractivity contribution in [2.75, 3.05) is 6.54 Å². The van der Waals surface area contributed by atoms with Gasteiger partial charge in [0.25, 0.3) is 0 Å². The smallest absolute Gasteiger partial charge is 0.388 e. The maximum Gasteiger partial charge on any atom is 0.388 e. The minimum atomic E-state index is -4.36. The number of fused-ring (bicyclic) bond motifs is 1. The van der Waals surface area contributed by atoms with Crippen LogP contribution in [-0.4, -0.2) is 30.9 Å². The van der Waals surface area contributed by atoms with Crippen LogP contribution in [0.1, 0.15) is 11.1 Å². The Labute approximate surface area is 151 Å². The quantitative estimate of drug-likeness (QED) is 0.725. The highest BCUT2D eigenvalue weighted by Crippen LogP contribution is 2.32. The standard InChI is InChI=1S/C15H11ClF4N2O3S/c16-9-4-13(14(21-6-9)25-15(19)20)26(23,24)22-2-1-8-3-10(17)5-12(18)11(8)7-22/h3-6,15H,1-2,7H2. The third-order valence-corrected chi connectivity index (χ3v) is 5.87. The molecule has 11 heteroatoms. The number of halogens is 5. The van der Waals surface area contributed by atoms with Crippen LogP contribution < -0.4 is 4.74 Å². The summed E-state index contributed by atoms with van der Waals surface area (Å²) in [6, 6.07) is 2.72. The Morgan fingerprint density at radius 3 is 2.65 bits per heavy atom. The molecule has 0 radical (unpaired) electrons. The Hall–Kier alpha value is -1.91. The summed E-state index contributed by atoms with van der Waals surface area (Å²) >= 11 is 5.73. The Kier molecular flexibility index (Phi) is 5.09. The number of sulfonamides is 1. The lowest BCUT2D eigenvalue weighted by atomic mass is 10.0. The van der Waals surface area contributed by atoms with Gasteiger partial charge in [-0.1, -0.05) is 11.6 Å². The van der Waals surface area contributed by atoms with Crippen molar-refractivity contribution < 1.29 is 30.7 Å². The monoisotopic (exact) mass is 410 g/mol. The van der Waals surface area contributed by atoms with E-state index in [1.165, 1.54) is 0 Å². The molecule has 5 nitrogen and oxygen atoms in total. The van der Waals surface area contributed by atoms with Crippen LogP contribution in [0.15, 0.2) is 29.3 Å². The summed E-state index contributed by atoms with van der Waals surface area (Å²) < 4.78 is 83.0. The molecule has 0 fully saturated rings. The molecule has 0 spiro atoms. The average Bonchev–Trinajstić information content (AvgIpc) is 2.55. The molecule has 1 aromatic heterocycles. The Balaban J connectivity index is 2.01. The number of ether oxygens (including phenoxy) is 1. The molecule has 140 valence electrons. The van der Waals surface area contributed by atoms with Crippen LogP contribution in [0, 0.1) is 11.6 Å². The van der Waals surface area contributed by atoms with Gasteiger partial charge in [0.15, 0.2) is 0 Å². The summed E-state index contributed by atoms with van der Waals surface area (Å²) in [5.41, 5.74) is 0.370.